The summed E-state index contributed by atoms with van der Waals surface area (Å²) in [4.78, 5) is 0. The van der Waals surface area contributed by atoms with Crippen molar-refractivity contribution in [2.75, 3.05) is 0 Å². The third kappa shape index (κ3) is 7.25. The molecule has 0 N–H and O–H groups in total. The third-order valence-electron chi connectivity index (χ3n) is 4.10. The molecule has 0 nitrogen and oxygen atoms in total. The number of halogens is 15. The minimum atomic E-state index is 0.923. The Balaban J connectivity index is 0.000000287. The molecule has 0 aliphatic rings. The minimum Gasteiger partial charge on any atom is -0.0492 e. The Morgan fingerprint density at radius 1 is 0.235 bits per heavy atom. The lowest BCUT2D eigenvalue weighted by Gasteiger charge is -2.19. The lowest BCUT2D eigenvalue weighted by atomic mass is 10.1. The summed E-state index contributed by atoms with van der Waals surface area (Å²) in [6, 6.07) is 0. The maximum absolute atomic E-state index is 3.68. The second-order valence-corrected chi connectivity index (χ2v) is 18.0. The monoisotopic (exact) mass is 1410 g/mol. The molecule has 0 spiro atoms. The van der Waals surface area contributed by atoms with Crippen molar-refractivity contribution in [2.24, 2.45) is 0 Å². The number of rotatable bonds is 1. The normalized spacial score (nSPS) is 10.9. The first-order valence-corrected chi connectivity index (χ1v) is 20.0. The van der Waals surface area contributed by atoms with Crippen molar-refractivity contribution in [1.29, 1.82) is 0 Å². The quantitative estimate of drug-likeness (QED) is 0.168. The molecule has 0 bridgehead atoms. The highest BCUT2D eigenvalue weighted by Gasteiger charge is 2.26. The Morgan fingerprint density at radius 2 is 0.382 bits per heavy atom. The molecule has 0 saturated carbocycles. The van der Waals surface area contributed by atoms with Crippen molar-refractivity contribution in [1.82, 2.24) is 0 Å². The molecule has 3 aromatic rings. The second-order valence-electron chi connectivity index (χ2n) is 6.08. The molecule has 0 heterocycles. The Hall–Kier alpha value is 4.86. The molecule has 34 heavy (non-hydrogen) atoms. The SMILES string of the molecule is Brc1c(Br)c(Br)c(-c2c(Br)c(Br)c(Br)c(Br)c2Br)c(Br)c1Br.Cc1c(Br)c(Br)c(Br)c(Br)c1Br. The first kappa shape index (κ1) is 35.1. The molecule has 0 fully saturated rings. The van der Waals surface area contributed by atoms with E-state index in [0.29, 0.717) is 0 Å². The first-order valence-electron chi connectivity index (χ1n) is 8.08. The Morgan fingerprint density at radius 3 is 0.588 bits per heavy atom. The van der Waals surface area contributed by atoms with Crippen LogP contribution in [0, 0.1) is 6.92 Å². The van der Waals surface area contributed by atoms with Crippen LogP contribution >= 0.6 is 239 Å². The molecule has 3 rings (SSSR count). The van der Waals surface area contributed by atoms with E-state index >= 15 is 0 Å². The third-order valence-corrected chi connectivity index (χ3v) is 22.8. The van der Waals surface area contributed by atoms with Crippen LogP contribution in [0.1, 0.15) is 5.56 Å². The molecule has 0 amide bonds. The minimum absolute atomic E-state index is 0.923. The highest BCUT2D eigenvalue weighted by Crippen LogP contribution is 2.55. The largest absolute Gasteiger partial charge is 0.0492 e. The van der Waals surface area contributed by atoms with E-state index in [1.807, 2.05) is 6.92 Å². The molecular formula is C19H3Br15. The van der Waals surface area contributed by atoms with E-state index < -0.39 is 0 Å². The van der Waals surface area contributed by atoms with Gasteiger partial charge in [-0.15, -0.1) is 0 Å². The fourth-order valence-electron chi connectivity index (χ4n) is 2.36. The van der Waals surface area contributed by atoms with E-state index in [1.165, 1.54) is 0 Å². The van der Waals surface area contributed by atoms with Crippen molar-refractivity contribution in [2.45, 2.75) is 6.92 Å². The van der Waals surface area contributed by atoms with Gasteiger partial charge in [0.15, 0.2) is 0 Å². The van der Waals surface area contributed by atoms with Crippen LogP contribution in [-0.4, -0.2) is 0 Å². The molecule has 0 saturated heterocycles. The molecule has 0 aliphatic carbocycles. The number of benzene rings is 3. The summed E-state index contributed by atoms with van der Waals surface area (Å²) in [5.41, 5.74) is 3.15. The number of hydrogen-bond acceptors (Lipinski definition) is 0. The van der Waals surface area contributed by atoms with E-state index in [2.05, 4.69) is 239 Å². The van der Waals surface area contributed by atoms with Crippen molar-refractivity contribution < 1.29 is 0 Å². The van der Waals surface area contributed by atoms with Gasteiger partial charge < -0.3 is 0 Å². The van der Waals surface area contributed by atoms with Gasteiger partial charge in [-0.2, -0.15) is 0 Å². The average molecular weight is 1430 g/mol. The fourth-order valence-corrected chi connectivity index (χ4v) is 12.5. The zero-order valence-electron chi connectivity index (χ0n) is 15.7. The van der Waals surface area contributed by atoms with Crippen LogP contribution in [0.3, 0.4) is 0 Å². The van der Waals surface area contributed by atoms with Gasteiger partial charge in [-0.3, -0.25) is 0 Å². The highest BCUT2D eigenvalue weighted by atomic mass is 79.9. The topological polar surface area (TPSA) is 0 Å². The molecule has 0 atom stereocenters. The lowest BCUT2D eigenvalue weighted by molar-refractivity contribution is 1.33. The van der Waals surface area contributed by atoms with Crippen molar-refractivity contribution in [3.63, 3.8) is 0 Å². The van der Waals surface area contributed by atoms with E-state index in [-0.39, 0.29) is 0 Å². The first-order chi connectivity index (χ1) is 15.6. The van der Waals surface area contributed by atoms with E-state index in [4.69, 9.17) is 0 Å². The maximum Gasteiger partial charge on any atom is 0.0482 e. The maximum atomic E-state index is 3.68. The number of hydrogen-bond donors (Lipinski definition) is 0. The summed E-state index contributed by atoms with van der Waals surface area (Å²) in [7, 11) is 0. The fraction of sp³-hybridized carbons (Fsp3) is 0.0526. The lowest BCUT2D eigenvalue weighted by Crippen LogP contribution is -1.93. The molecule has 0 unspecified atom stereocenters. The molecular weight excluding hydrogens is 1430 g/mol. The summed E-state index contributed by atoms with van der Waals surface area (Å²) < 4.78 is 14.4. The van der Waals surface area contributed by atoms with Crippen LogP contribution in [-0.2, 0) is 0 Å². The summed E-state index contributed by atoms with van der Waals surface area (Å²) >= 11 is 53.6. The standard InChI is InChI=1S/C12Br10.C7H3Br5/c13-3-1(4(14)8(18)11(21)7(3)17)2-5(15)9(19)12(22)10(20)6(2)16;1-2-3(8)5(10)7(12)6(11)4(2)9/h;1H3. The van der Waals surface area contributed by atoms with Crippen LogP contribution in [0.25, 0.3) is 11.1 Å². The van der Waals surface area contributed by atoms with Crippen molar-refractivity contribution in [3.05, 3.63) is 72.7 Å². The Bertz CT molecular complexity index is 1080. The van der Waals surface area contributed by atoms with Crippen LogP contribution in [0.15, 0.2) is 67.1 Å². The van der Waals surface area contributed by atoms with E-state index in [1.54, 1.807) is 0 Å². The van der Waals surface area contributed by atoms with Gasteiger partial charge in [0.1, 0.15) is 0 Å². The van der Waals surface area contributed by atoms with Crippen LogP contribution in [0.2, 0.25) is 0 Å². The predicted octanol–water partition coefficient (Wildman–Crippen LogP) is 16.8. The Labute approximate surface area is 323 Å². The second kappa shape index (κ2) is 14.8. The Kier molecular flexibility index (Phi) is 15.3. The molecule has 15 heteroatoms. The molecule has 0 radical (unpaired) electrons. The summed E-state index contributed by atoms with van der Waals surface area (Å²) in [5.74, 6) is 0. The van der Waals surface area contributed by atoms with Crippen LogP contribution < -0.4 is 0 Å². The van der Waals surface area contributed by atoms with E-state index in [9.17, 15) is 0 Å². The van der Waals surface area contributed by atoms with Gasteiger partial charge in [-0.1, -0.05) is 0 Å². The summed E-state index contributed by atoms with van der Waals surface area (Å²) in [5, 5.41) is 0. The van der Waals surface area contributed by atoms with Gasteiger partial charge in [0.25, 0.3) is 0 Å². The molecule has 0 aliphatic heterocycles. The van der Waals surface area contributed by atoms with Crippen LogP contribution in [0.5, 0.6) is 0 Å². The zero-order chi connectivity index (χ0) is 26.4. The molecule has 0 aromatic heterocycles. The summed E-state index contributed by atoms with van der Waals surface area (Å²) in [6.07, 6.45) is 0. The van der Waals surface area contributed by atoms with Crippen molar-refractivity contribution in [3.8, 4) is 11.1 Å². The van der Waals surface area contributed by atoms with Crippen LogP contribution in [0.4, 0.5) is 0 Å². The van der Waals surface area contributed by atoms with Gasteiger partial charge in [0.05, 0.1) is 0 Å². The van der Waals surface area contributed by atoms with E-state index in [0.717, 1.165) is 83.8 Å². The van der Waals surface area contributed by atoms with Gasteiger partial charge in [0.2, 0.25) is 0 Å². The van der Waals surface area contributed by atoms with Gasteiger partial charge >= 0.3 is 0 Å². The predicted molar refractivity (Wildman–Crippen MR) is 199 cm³/mol. The molecule has 184 valence electrons. The van der Waals surface area contributed by atoms with Gasteiger partial charge in [0, 0.05) is 78.2 Å². The smallest absolute Gasteiger partial charge is 0.0482 e. The highest BCUT2D eigenvalue weighted by molar-refractivity contribution is 9.17. The zero-order valence-corrected chi connectivity index (χ0v) is 39.5. The molecule has 3 aromatic carbocycles. The average Bonchev–Trinajstić information content (AvgIpc) is 2.82. The van der Waals surface area contributed by atoms with Gasteiger partial charge in [-0.25, -0.2) is 0 Å². The van der Waals surface area contributed by atoms with Crippen molar-refractivity contribution >= 4 is 239 Å². The summed E-state index contributed by atoms with van der Waals surface area (Å²) in [6.45, 7) is 2.04. The van der Waals surface area contributed by atoms with Gasteiger partial charge in [-0.05, 0) is 251 Å².